The monoisotopic (exact) mass is 412 g/mol. The van der Waals surface area contributed by atoms with Gasteiger partial charge in [-0.3, -0.25) is 9.59 Å². The highest BCUT2D eigenvalue weighted by Gasteiger charge is 2.23. The van der Waals surface area contributed by atoms with E-state index in [-0.39, 0.29) is 18.0 Å². The van der Waals surface area contributed by atoms with Gasteiger partial charge in [0.05, 0.1) is 17.3 Å². The molecule has 0 unspecified atom stereocenters. The lowest BCUT2D eigenvalue weighted by Crippen LogP contribution is -2.33. The summed E-state index contributed by atoms with van der Waals surface area (Å²) < 4.78 is 6.65. The number of carbonyl (C=O) groups is 1. The minimum atomic E-state index is -0.329. The van der Waals surface area contributed by atoms with Crippen LogP contribution in [0.4, 0.5) is 0 Å². The first-order valence-corrected chi connectivity index (χ1v) is 10.0. The van der Waals surface area contributed by atoms with Gasteiger partial charge in [-0.1, -0.05) is 35.0 Å². The lowest BCUT2D eigenvalue weighted by Gasteiger charge is -2.16. The normalized spacial score (nSPS) is 13.2. The van der Waals surface area contributed by atoms with Gasteiger partial charge in [-0.15, -0.1) is 0 Å². The van der Waals surface area contributed by atoms with Crippen molar-refractivity contribution in [2.45, 2.75) is 39.2 Å². The van der Waals surface area contributed by atoms with Gasteiger partial charge in [0.15, 0.2) is 0 Å². The quantitative estimate of drug-likeness (QED) is 0.695. The van der Waals surface area contributed by atoms with Crippen LogP contribution in [0.15, 0.2) is 39.6 Å². The predicted octanol–water partition coefficient (Wildman–Crippen LogP) is 3.17. The van der Waals surface area contributed by atoms with Crippen LogP contribution in [0.25, 0.3) is 11.3 Å². The van der Waals surface area contributed by atoms with Crippen molar-refractivity contribution in [3.8, 4) is 11.3 Å². The van der Waals surface area contributed by atoms with Crippen molar-refractivity contribution in [2.24, 2.45) is 0 Å². The summed E-state index contributed by atoms with van der Waals surface area (Å²) in [5.74, 6) is 0.0752. The Hall–Kier alpha value is -2.93. The summed E-state index contributed by atoms with van der Waals surface area (Å²) in [4.78, 5) is 25.1. The molecule has 7 nitrogen and oxygen atoms in total. The number of aryl methyl sites for hydroxylation is 3. The van der Waals surface area contributed by atoms with E-state index in [0.717, 1.165) is 36.9 Å². The zero-order valence-corrected chi connectivity index (χ0v) is 16.8. The van der Waals surface area contributed by atoms with Gasteiger partial charge >= 0.3 is 0 Å². The molecule has 2 heterocycles. The first-order chi connectivity index (χ1) is 14.0. The Kier molecular flexibility index (Phi) is 5.49. The number of halogens is 1. The van der Waals surface area contributed by atoms with Crippen molar-refractivity contribution in [1.29, 1.82) is 0 Å². The maximum Gasteiger partial charge on any atom is 0.267 e. The second-order valence-electron chi connectivity index (χ2n) is 7.08. The van der Waals surface area contributed by atoms with Crippen LogP contribution < -0.4 is 10.9 Å². The average molecular weight is 413 g/mol. The first kappa shape index (κ1) is 19.4. The zero-order valence-electron chi connectivity index (χ0n) is 16.1. The van der Waals surface area contributed by atoms with Crippen LogP contribution in [-0.2, 0) is 19.4 Å². The molecule has 8 heteroatoms. The molecule has 1 aromatic carbocycles. The fourth-order valence-corrected chi connectivity index (χ4v) is 3.83. The molecule has 1 aliphatic carbocycles. The zero-order chi connectivity index (χ0) is 20.4. The maximum absolute atomic E-state index is 12.8. The minimum absolute atomic E-state index is 0.141. The SMILES string of the molecule is Cc1onc(-c2ccccc2Cl)c1C(=O)NCCn1nc2c(cc1=O)CCCC2. The third-order valence-electron chi connectivity index (χ3n) is 5.10. The van der Waals surface area contributed by atoms with Gasteiger partial charge in [-0.2, -0.15) is 5.10 Å². The van der Waals surface area contributed by atoms with Gasteiger partial charge in [0, 0.05) is 18.2 Å². The molecule has 1 N–H and O–H groups in total. The highest BCUT2D eigenvalue weighted by atomic mass is 35.5. The van der Waals surface area contributed by atoms with E-state index in [4.69, 9.17) is 16.1 Å². The third kappa shape index (κ3) is 3.96. The Morgan fingerprint density at radius 3 is 2.90 bits per heavy atom. The Morgan fingerprint density at radius 2 is 2.07 bits per heavy atom. The fourth-order valence-electron chi connectivity index (χ4n) is 3.60. The molecule has 0 radical (unpaired) electrons. The molecule has 0 bridgehead atoms. The fraction of sp³-hybridized carbons (Fsp3) is 0.333. The number of hydrogen-bond acceptors (Lipinski definition) is 5. The number of nitrogens with zero attached hydrogens (tertiary/aromatic N) is 3. The van der Waals surface area contributed by atoms with Crippen molar-refractivity contribution >= 4 is 17.5 Å². The molecule has 2 aromatic heterocycles. The number of rotatable bonds is 5. The van der Waals surface area contributed by atoms with E-state index < -0.39 is 0 Å². The second-order valence-corrected chi connectivity index (χ2v) is 7.49. The standard InChI is InChI=1S/C21H21ClN4O3/c1-13-19(20(25-29-13)15-7-3-4-8-16(15)22)21(28)23-10-11-26-18(27)12-14-6-2-5-9-17(14)24-26/h3-4,7-8,12H,2,5-6,9-11H2,1H3,(H,23,28). The Bertz CT molecular complexity index is 1120. The molecule has 0 saturated heterocycles. The van der Waals surface area contributed by atoms with Crippen LogP contribution in [0.1, 0.15) is 40.2 Å². The molecular weight excluding hydrogens is 392 g/mol. The largest absolute Gasteiger partial charge is 0.360 e. The molecule has 3 aromatic rings. The smallest absolute Gasteiger partial charge is 0.267 e. The van der Waals surface area contributed by atoms with Crippen molar-refractivity contribution in [1.82, 2.24) is 20.3 Å². The molecule has 150 valence electrons. The Labute approximate surface area is 172 Å². The first-order valence-electron chi connectivity index (χ1n) is 9.64. The van der Waals surface area contributed by atoms with E-state index in [9.17, 15) is 9.59 Å². The third-order valence-corrected chi connectivity index (χ3v) is 5.43. The summed E-state index contributed by atoms with van der Waals surface area (Å²) in [5, 5.41) is 11.8. The summed E-state index contributed by atoms with van der Waals surface area (Å²) in [5.41, 5.74) is 3.25. The van der Waals surface area contributed by atoms with Crippen molar-refractivity contribution in [3.63, 3.8) is 0 Å². The molecule has 4 rings (SSSR count). The van der Waals surface area contributed by atoms with E-state index in [2.05, 4.69) is 15.6 Å². The number of fused-ring (bicyclic) bond motifs is 1. The van der Waals surface area contributed by atoms with Crippen LogP contribution >= 0.6 is 11.6 Å². The van der Waals surface area contributed by atoms with Crippen molar-refractivity contribution in [2.75, 3.05) is 6.54 Å². The lowest BCUT2D eigenvalue weighted by molar-refractivity contribution is 0.0950. The van der Waals surface area contributed by atoms with Gasteiger partial charge in [-0.05, 0) is 44.2 Å². The van der Waals surface area contributed by atoms with Gasteiger partial charge in [0.25, 0.3) is 11.5 Å². The summed E-state index contributed by atoms with van der Waals surface area (Å²) >= 11 is 6.24. The lowest BCUT2D eigenvalue weighted by atomic mass is 9.97. The van der Waals surface area contributed by atoms with E-state index >= 15 is 0 Å². The Balaban J connectivity index is 1.48. The van der Waals surface area contributed by atoms with Crippen molar-refractivity contribution in [3.05, 3.63) is 68.3 Å². The molecule has 29 heavy (non-hydrogen) atoms. The molecule has 0 fully saturated rings. The van der Waals surface area contributed by atoms with E-state index in [1.165, 1.54) is 4.68 Å². The van der Waals surface area contributed by atoms with Crippen LogP contribution in [0.5, 0.6) is 0 Å². The average Bonchev–Trinajstić information content (AvgIpc) is 3.10. The van der Waals surface area contributed by atoms with Gasteiger partial charge in [0.1, 0.15) is 17.0 Å². The number of benzene rings is 1. The van der Waals surface area contributed by atoms with Crippen LogP contribution in [0, 0.1) is 6.92 Å². The summed E-state index contributed by atoms with van der Waals surface area (Å²) in [6, 6.07) is 8.82. The Morgan fingerprint density at radius 1 is 1.28 bits per heavy atom. The minimum Gasteiger partial charge on any atom is -0.360 e. The molecule has 1 amide bonds. The van der Waals surface area contributed by atoms with Gasteiger partial charge in [0.2, 0.25) is 0 Å². The summed E-state index contributed by atoms with van der Waals surface area (Å²) in [6.07, 6.45) is 3.99. The summed E-state index contributed by atoms with van der Waals surface area (Å²) in [6.45, 7) is 2.23. The molecule has 0 saturated carbocycles. The number of hydrogen-bond donors (Lipinski definition) is 1. The predicted molar refractivity (Wildman–Crippen MR) is 109 cm³/mol. The van der Waals surface area contributed by atoms with Gasteiger partial charge < -0.3 is 9.84 Å². The number of amides is 1. The van der Waals surface area contributed by atoms with E-state index in [1.807, 2.05) is 12.1 Å². The van der Waals surface area contributed by atoms with Crippen LogP contribution in [-0.4, -0.2) is 27.4 Å². The number of carbonyl (C=O) groups excluding carboxylic acids is 1. The van der Waals surface area contributed by atoms with E-state index in [0.29, 0.717) is 34.1 Å². The molecular formula is C21H21ClN4O3. The van der Waals surface area contributed by atoms with Crippen LogP contribution in [0.3, 0.4) is 0 Å². The molecule has 0 aliphatic heterocycles. The highest BCUT2D eigenvalue weighted by molar-refractivity contribution is 6.33. The number of nitrogens with one attached hydrogen (secondary N) is 1. The van der Waals surface area contributed by atoms with E-state index in [1.54, 1.807) is 25.1 Å². The molecule has 1 aliphatic rings. The van der Waals surface area contributed by atoms with Crippen molar-refractivity contribution < 1.29 is 9.32 Å². The number of aromatic nitrogens is 3. The maximum atomic E-state index is 12.8. The highest BCUT2D eigenvalue weighted by Crippen LogP contribution is 2.30. The van der Waals surface area contributed by atoms with Gasteiger partial charge in [-0.25, -0.2) is 4.68 Å². The summed E-state index contributed by atoms with van der Waals surface area (Å²) in [7, 11) is 0. The second kappa shape index (κ2) is 8.21. The molecule has 0 atom stereocenters. The topological polar surface area (TPSA) is 90.0 Å². The van der Waals surface area contributed by atoms with Crippen LogP contribution in [0.2, 0.25) is 5.02 Å². The molecule has 0 spiro atoms.